The summed E-state index contributed by atoms with van der Waals surface area (Å²) < 4.78 is 0. The molecule has 0 spiro atoms. The molecule has 2 aromatic rings. The summed E-state index contributed by atoms with van der Waals surface area (Å²) >= 11 is 1.66. The molecule has 0 saturated carbocycles. The SMILES string of the molecule is CCc1cccc(C)c1NC(=O)CCN(C)Cc1csc(C)n1. The zero-order valence-electron chi connectivity index (χ0n) is 14.3. The van der Waals surface area contributed by atoms with Gasteiger partial charge < -0.3 is 10.2 Å². The average molecular weight is 331 g/mol. The van der Waals surface area contributed by atoms with Crippen LogP contribution >= 0.6 is 11.3 Å². The van der Waals surface area contributed by atoms with E-state index >= 15 is 0 Å². The van der Waals surface area contributed by atoms with Gasteiger partial charge >= 0.3 is 0 Å². The molecule has 1 aromatic heterocycles. The molecule has 23 heavy (non-hydrogen) atoms. The van der Waals surface area contributed by atoms with Crippen LogP contribution in [0.4, 0.5) is 5.69 Å². The van der Waals surface area contributed by atoms with E-state index in [0.29, 0.717) is 6.42 Å². The molecular weight excluding hydrogens is 306 g/mol. The lowest BCUT2D eigenvalue weighted by molar-refractivity contribution is -0.116. The van der Waals surface area contributed by atoms with Crippen molar-refractivity contribution in [2.75, 3.05) is 18.9 Å². The van der Waals surface area contributed by atoms with E-state index in [9.17, 15) is 4.79 Å². The van der Waals surface area contributed by atoms with Crippen molar-refractivity contribution in [2.24, 2.45) is 0 Å². The van der Waals surface area contributed by atoms with E-state index in [1.807, 2.05) is 33.0 Å². The first kappa shape index (κ1) is 17.6. The Bertz CT molecular complexity index is 666. The fourth-order valence-electron chi connectivity index (χ4n) is 2.53. The number of carbonyl (C=O) groups excluding carboxylic acids is 1. The van der Waals surface area contributed by atoms with Crippen LogP contribution in [0.5, 0.6) is 0 Å². The summed E-state index contributed by atoms with van der Waals surface area (Å²) in [5.74, 6) is 0.0651. The van der Waals surface area contributed by atoms with Crippen LogP contribution < -0.4 is 5.32 Å². The van der Waals surface area contributed by atoms with Gasteiger partial charge in [0.15, 0.2) is 0 Å². The monoisotopic (exact) mass is 331 g/mol. The number of carbonyl (C=O) groups is 1. The minimum absolute atomic E-state index is 0.0651. The predicted molar refractivity (Wildman–Crippen MR) is 97.0 cm³/mol. The molecule has 0 aliphatic heterocycles. The van der Waals surface area contributed by atoms with Crippen LogP contribution in [-0.4, -0.2) is 29.4 Å². The second-order valence-corrected chi connectivity index (χ2v) is 6.92. The largest absolute Gasteiger partial charge is 0.326 e. The van der Waals surface area contributed by atoms with Gasteiger partial charge in [-0.15, -0.1) is 11.3 Å². The number of aryl methyl sites for hydroxylation is 3. The summed E-state index contributed by atoms with van der Waals surface area (Å²) in [7, 11) is 2.02. The standard InChI is InChI=1S/C18H25N3OS/c1-5-15-8-6-7-13(2)18(15)20-17(22)9-10-21(4)11-16-12-23-14(3)19-16/h6-8,12H,5,9-11H2,1-4H3,(H,20,22). The number of hydrogen-bond acceptors (Lipinski definition) is 4. The van der Waals surface area contributed by atoms with Crippen LogP contribution in [0.2, 0.25) is 0 Å². The van der Waals surface area contributed by atoms with Gasteiger partial charge in [0, 0.05) is 30.6 Å². The lowest BCUT2D eigenvalue weighted by Gasteiger charge is -2.16. The molecule has 1 aromatic carbocycles. The maximum absolute atomic E-state index is 12.2. The predicted octanol–water partition coefficient (Wildman–Crippen LogP) is 3.78. The van der Waals surface area contributed by atoms with Crippen LogP contribution in [0, 0.1) is 13.8 Å². The van der Waals surface area contributed by atoms with Crippen molar-refractivity contribution >= 4 is 22.9 Å². The molecule has 0 saturated heterocycles. The number of hydrogen-bond donors (Lipinski definition) is 1. The van der Waals surface area contributed by atoms with Crippen molar-refractivity contribution in [3.8, 4) is 0 Å². The zero-order valence-corrected chi connectivity index (χ0v) is 15.2. The van der Waals surface area contributed by atoms with Gasteiger partial charge in [0.1, 0.15) is 0 Å². The van der Waals surface area contributed by atoms with Crippen LogP contribution in [0.25, 0.3) is 0 Å². The summed E-state index contributed by atoms with van der Waals surface area (Å²) in [6, 6.07) is 6.14. The maximum atomic E-state index is 12.2. The quantitative estimate of drug-likeness (QED) is 0.840. The number of benzene rings is 1. The van der Waals surface area contributed by atoms with E-state index in [4.69, 9.17) is 0 Å². The summed E-state index contributed by atoms with van der Waals surface area (Å²) in [5, 5.41) is 6.23. The molecule has 4 nitrogen and oxygen atoms in total. The number of amides is 1. The Morgan fingerprint density at radius 1 is 1.35 bits per heavy atom. The van der Waals surface area contributed by atoms with E-state index in [1.165, 1.54) is 5.56 Å². The highest BCUT2D eigenvalue weighted by Gasteiger charge is 2.10. The average Bonchev–Trinajstić information content (AvgIpc) is 2.92. The number of para-hydroxylation sites is 1. The number of rotatable bonds is 7. The first-order chi connectivity index (χ1) is 11.0. The number of aromatic nitrogens is 1. The molecule has 1 heterocycles. The van der Waals surface area contributed by atoms with Gasteiger partial charge in [0.2, 0.25) is 5.91 Å². The maximum Gasteiger partial charge on any atom is 0.225 e. The first-order valence-corrected chi connectivity index (χ1v) is 8.85. The molecule has 0 aliphatic carbocycles. The van der Waals surface area contributed by atoms with Gasteiger partial charge in [0.05, 0.1) is 10.7 Å². The number of nitrogens with one attached hydrogen (secondary N) is 1. The van der Waals surface area contributed by atoms with E-state index in [2.05, 4.69) is 33.6 Å². The van der Waals surface area contributed by atoms with Crippen molar-refractivity contribution < 1.29 is 4.79 Å². The van der Waals surface area contributed by atoms with Crippen molar-refractivity contribution in [3.63, 3.8) is 0 Å². The Kier molecular flexibility index (Phi) is 6.30. The fourth-order valence-corrected chi connectivity index (χ4v) is 3.14. The molecule has 0 aliphatic rings. The highest BCUT2D eigenvalue weighted by molar-refractivity contribution is 7.09. The minimum Gasteiger partial charge on any atom is -0.326 e. The molecule has 124 valence electrons. The minimum atomic E-state index is 0.0651. The summed E-state index contributed by atoms with van der Waals surface area (Å²) in [5.41, 5.74) is 4.34. The summed E-state index contributed by atoms with van der Waals surface area (Å²) in [6.45, 7) is 7.65. The van der Waals surface area contributed by atoms with Crippen LogP contribution in [0.3, 0.4) is 0 Å². The molecule has 5 heteroatoms. The fraction of sp³-hybridized carbons (Fsp3) is 0.444. The van der Waals surface area contributed by atoms with Crippen molar-refractivity contribution in [3.05, 3.63) is 45.4 Å². The van der Waals surface area contributed by atoms with Gasteiger partial charge in [-0.05, 0) is 38.4 Å². The highest BCUT2D eigenvalue weighted by atomic mass is 32.1. The topological polar surface area (TPSA) is 45.2 Å². The number of anilines is 1. The smallest absolute Gasteiger partial charge is 0.225 e. The van der Waals surface area contributed by atoms with E-state index in [0.717, 1.165) is 41.5 Å². The molecular formula is C18H25N3OS. The lowest BCUT2D eigenvalue weighted by atomic mass is 10.1. The van der Waals surface area contributed by atoms with Crippen molar-refractivity contribution in [1.82, 2.24) is 9.88 Å². The van der Waals surface area contributed by atoms with Gasteiger partial charge in [-0.25, -0.2) is 4.98 Å². The Hall–Kier alpha value is -1.72. The first-order valence-electron chi connectivity index (χ1n) is 7.97. The van der Waals surface area contributed by atoms with Gasteiger partial charge in [-0.3, -0.25) is 4.79 Å². The van der Waals surface area contributed by atoms with E-state index < -0.39 is 0 Å². The zero-order chi connectivity index (χ0) is 16.8. The van der Waals surface area contributed by atoms with Crippen LogP contribution in [-0.2, 0) is 17.8 Å². The number of thiazole rings is 1. The molecule has 0 fully saturated rings. The molecule has 1 amide bonds. The number of nitrogens with zero attached hydrogens (tertiary/aromatic N) is 2. The Morgan fingerprint density at radius 3 is 2.78 bits per heavy atom. The third-order valence-electron chi connectivity index (χ3n) is 3.82. The molecule has 2 rings (SSSR count). The molecule has 0 bridgehead atoms. The van der Waals surface area contributed by atoms with Crippen molar-refractivity contribution in [1.29, 1.82) is 0 Å². The molecule has 1 N–H and O–H groups in total. The Labute approximate surface area is 142 Å². The van der Waals surface area contributed by atoms with Crippen molar-refractivity contribution in [2.45, 2.75) is 40.2 Å². The highest BCUT2D eigenvalue weighted by Crippen LogP contribution is 2.21. The van der Waals surface area contributed by atoms with Gasteiger partial charge in [-0.2, -0.15) is 0 Å². The second kappa shape index (κ2) is 8.22. The molecule has 0 radical (unpaired) electrons. The van der Waals surface area contributed by atoms with E-state index in [-0.39, 0.29) is 5.91 Å². The summed E-state index contributed by atoms with van der Waals surface area (Å²) in [6.07, 6.45) is 1.40. The summed E-state index contributed by atoms with van der Waals surface area (Å²) in [4.78, 5) is 18.8. The van der Waals surface area contributed by atoms with E-state index in [1.54, 1.807) is 11.3 Å². The van der Waals surface area contributed by atoms with Crippen LogP contribution in [0.15, 0.2) is 23.6 Å². The normalized spacial score (nSPS) is 11.0. The lowest BCUT2D eigenvalue weighted by Crippen LogP contribution is -2.24. The third kappa shape index (κ3) is 5.15. The van der Waals surface area contributed by atoms with Gasteiger partial charge in [-0.1, -0.05) is 25.1 Å². The Balaban J connectivity index is 1.85. The van der Waals surface area contributed by atoms with Gasteiger partial charge in [0.25, 0.3) is 0 Å². The third-order valence-corrected chi connectivity index (χ3v) is 4.65. The Morgan fingerprint density at radius 2 is 2.13 bits per heavy atom. The molecule has 0 unspecified atom stereocenters. The molecule has 0 atom stereocenters. The second-order valence-electron chi connectivity index (χ2n) is 5.86. The van der Waals surface area contributed by atoms with Crippen LogP contribution in [0.1, 0.15) is 35.2 Å².